The van der Waals surface area contributed by atoms with E-state index in [1.807, 2.05) is 42.5 Å². The van der Waals surface area contributed by atoms with E-state index in [-0.39, 0.29) is 30.0 Å². The van der Waals surface area contributed by atoms with Crippen molar-refractivity contribution in [2.75, 3.05) is 6.61 Å². The molecule has 8 atom stereocenters. The fourth-order valence-corrected chi connectivity index (χ4v) is 5.48. The summed E-state index contributed by atoms with van der Waals surface area (Å²) < 4.78 is 26.0. The number of fused-ring (bicyclic) bond motifs is 3. The van der Waals surface area contributed by atoms with E-state index in [0.717, 1.165) is 45.1 Å². The molecule has 0 amide bonds. The van der Waals surface area contributed by atoms with Crippen LogP contribution in [0, 0.1) is 0 Å². The van der Waals surface area contributed by atoms with Crippen LogP contribution in [0.15, 0.2) is 49.1 Å². The SMILES string of the molecule is C=CC/C=C/C=C/[C@H]1O[C@H]2C[C@H]3O[C@H]4CCCCO[C@]4(C)C[C@]3(C)O[C@@H]2C=C[C@]1(C)O. The Morgan fingerprint density at radius 2 is 1.94 bits per heavy atom. The van der Waals surface area contributed by atoms with Gasteiger partial charge in [-0.05, 0) is 46.5 Å². The van der Waals surface area contributed by atoms with Crippen LogP contribution >= 0.6 is 0 Å². The van der Waals surface area contributed by atoms with E-state index in [4.69, 9.17) is 18.9 Å². The van der Waals surface area contributed by atoms with Gasteiger partial charge >= 0.3 is 0 Å². The summed E-state index contributed by atoms with van der Waals surface area (Å²) in [6.07, 6.45) is 18.2. The van der Waals surface area contributed by atoms with E-state index in [9.17, 15) is 5.11 Å². The molecule has 0 aromatic rings. The summed E-state index contributed by atoms with van der Waals surface area (Å²) in [4.78, 5) is 0. The predicted molar refractivity (Wildman–Crippen MR) is 121 cm³/mol. The molecule has 0 radical (unpaired) electrons. The van der Waals surface area contributed by atoms with Crippen LogP contribution in [0.3, 0.4) is 0 Å². The van der Waals surface area contributed by atoms with E-state index >= 15 is 0 Å². The first-order valence-corrected chi connectivity index (χ1v) is 11.7. The van der Waals surface area contributed by atoms with Crippen molar-refractivity contribution >= 4 is 0 Å². The fourth-order valence-electron chi connectivity index (χ4n) is 5.48. The summed E-state index contributed by atoms with van der Waals surface area (Å²) >= 11 is 0. The monoisotopic (exact) mass is 430 g/mol. The Kier molecular flexibility index (Phi) is 6.62. The summed E-state index contributed by atoms with van der Waals surface area (Å²) in [5.74, 6) is 0. The number of hydrogen-bond acceptors (Lipinski definition) is 5. The van der Waals surface area contributed by atoms with Gasteiger partial charge in [0.1, 0.15) is 17.8 Å². The Labute approximate surface area is 186 Å². The Morgan fingerprint density at radius 1 is 1.10 bits per heavy atom. The van der Waals surface area contributed by atoms with Crippen molar-refractivity contribution in [2.24, 2.45) is 0 Å². The van der Waals surface area contributed by atoms with Crippen molar-refractivity contribution in [3.63, 3.8) is 0 Å². The first-order chi connectivity index (χ1) is 14.8. The molecule has 0 aromatic carbocycles. The van der Waals surface area contributed by atoms with Crippen LogP contribution in [-0.4, -0.2) is 59.0 Å². The van der Waals surface area contributed by atoms with Gasteiger partial charge in [-0.3, -0.25) is 0 Å². The normalized spacial score (nSPS) is 47.9. The van der Waals surface area contributed by atoms with E-state index in [1.54, 1.807) is 6.92 Å². The maximum Gasteiger partial charge on any atom is 0.110 e. The van der Waals surface area contributed by atoms with Gasteiger partial charge in [-0.1, -0.05) is 42.5 Å². The lowest BCUT2D eigenvalue weighted by molar-refractivity contribution is -0.310. The quantitative estimate of drug-likeness (QED) is 0.529. The average Bonchev–Trinajstić information content (AvgIpc) is 2.95. The third-order valence-corrected chi connectivity index (χ3v) is 7.26. The van der Waals surface area contributed by atoms with Gasteiger partial charge in [0.25, 0.3) is 0 Å². The summed E-state index contributed by atoms with van der Waals surface area (Å²) in [5.41, 5.74) is -1.88. The van der Waals surface area contributed by atoms with E-state index in [1.165, 1.54) is 0 Å². The number of rotatable bonds is 4. The zero-order chi connectivity index (χ0) is 22.1. The van der Waals surface area contributed by atoms with Crippen molar-refractivity contribution in [2.45, 2.75) is 107 Å². The predicted octanol–water partition coefficient (Wildman–Crippen LogP) is 4.41. The topological polar surface area (TPSA) is 57.2 Å². The highest BCUT2D eigenvalue weighted by Gasteiger charge is 2.58. The molecule has 5 heteroatoms. The maximum absolute atomic E-state index is 11.0. The molecule has 1 N–H and O–H groups in total. The summed E-state index contributed by atoms with van der Waals surface area (Å²) in [7, 11) is 0. The molecule has 4 heterocycles. The van der Waals surface area contributed by atoms with Crippen LogP contribution in [0.5, 0.6) is 0 Å². The van der Waals surface area contributed by atoms with Gasteiger partial charge in [-0.25, -0.2) is 0 Å². The first-order valence-electron chi connectivity index (χ1n) is 11.7. The van der Waals surface area contributed by atoms with Gasteiger partial charge in [0, 0.05) is 19.4 Å². The minimum Gasteiger partial charge on any atom is -0.383 e. The molecule has 3 fully saturated rings. The zero-order valence-corrected chi connectivity index (χ0v) is 19.2. The molecule has 0 spiro atoms. The molecule has 4 aliphatic rings. The largest absolute Gasteiger partial charge is 0.383 e. The fraction of sp³-hybridized carbons (Fsp3) is 0.692. The van der Waals surface area contributed by atoms with Gasteiger partial charge in [-0.2, -0.15) is 0 Å². The molecular weight excluding hydrogens is 392 g/mol. The van der Waals surface area contributed by atoms with Gasteiger partial charge in [0.15, 0.2) is 0 Å². The second-order valence-corrected chi connectivity index (χ2v) is 10.1. The minimum absolute atomic E-state index is 0.0536. The molecule has 31 heavy (non-hydrogen) atoms. The molecule has 172 valence electrons. The lowest BCUT2D eigenvalue weighted by Crippen LogP contribution is -2.66. The highest BCUT2D eigenvalue weighted by Crippen LogP contribution is 2.48. The second-order valence-electron chi connectivity index (χ2n) is 10.1. The van der Waals surface area contributed by atoms with Gasteiger partial charge < -0.3 is 24.1 Å². The molecule has 0 bridgehead atoms. The van der Waals surface area contributed by atoms with Crippen LogP contribution in [0.4, 0.5) is 0 Å². The van der Waals surface area contributed by atoms with Crippen LogP contribution in [0.1, 0.15) is 59.3 Å². The number of allylic oxidation sites excluding steroid dienone is 4. The van der Waals surface area contributed by atoms with Crippen molar-refractivity contribution in [1.29, 1.82) is 0 Å². The Balaban J connectivity index is 1.52. The average molecular weight is 431 g/mol. The van der Waals surface area contributed by atoms with Crippen LogP contribution in [0.2, 0.25) is 0 Å². The van der Waals surface area contributed by atoms with Crippen molar-refractivity contribution in [1.82, 2.24) is 0 Å². The van der Waals surface area contributed by atoms with Crippen molar-refractivity contribution in [3.8, 4) is 0 Å². The summed E-state index contributed by atoms with van der Waals surface area (Å²) in [6.45, 7) is 10.6. The lowest BCUT2D eigenvalue weighted by atomic mass is 9.74. The Hall–Kier alpha value is -1.24. The molecule has 4 aliphatic heterocycles. The second kappa shape index (κ2) is 8.95. The number of aliphatic hydroxyl groups is 1. The maximum atomic E-state index is 11.0. The molecule has 5 nitrogen and oxygen atoms in total. The highest BCUT2D eigenvalue weighted by molar-refractivity contribution is 5.19. The van der Waals surface area contributed by atoms with Gasteiger partial charge in [-0.15, -0.1) is 6.58 Å². The summed E-state index contributed by atoms with van der Waals surface area (Å²) in [6, 6.07) is 0. The van der Waals surface area contributed by atoms with E-state index in [0.29, 0.717) is 0 Å². The first kappa shape index (κ1) is 22.9. The molecule has 4 rings (SSSR count). The Morgan fingerprint density at radius 3 is 2.74 bits per heavy atom. The smallest absolute Gasteiger partial charge is 0.110 e. The van der Waals surface area contributed by atoms with Crippen molar-refractivity contribution < 1.29 is 24.1 Å². The van der Waals surface area contributed by atoms with Gasteiger partial charge in [0.2, 0.25) is 0 Å². The number of hydrogen-bond donors (Lipinski definition) is 1. The minimum atomic E-state index is -1.11. The molecule has 0 aromatic heterocycles. The highest BCUT2D eigenvalue weighted by atomic mass is 16.6. The molecule has 0 unspecified atom stereocenters. The zero-order valence-electron chi connectivity index (χ0n) is 19.2. The van der Waals surface area contributed by atoms with Crippen LogP contribution in [-0.2, 0) is 18.9 Å². The van der Waals surface area contributed by atoms with Crippen LogP contribution in [0.25, 0.3) is 0 Å². The van der Waals surface area contributed by atoms with Crippen LogP contribution < -0.4 is 0 Å². The lowest BCUT2D eigenvalue weighted by Gasteiger charge is -2.56. The molecular formula is C26H38O5. The number of ether oxygens (including phenoxy) is 4. The Bertz CT molecular complexity index is 740. The summed E-state index contributed by atoms with van der Waals surface area (Å²) in [5, 5.41) is 11.0. The standard InChI is InChI=1S/C26H38O5/c1-5-6-7-8-9-12-21-24(2,27)15-14-19-20(29-21)17-23-26(4,31-19)18-25(3)22(30-23)13-10-11-16-28-25/h5,7-9,12,14-15,19-23,27H,1,6,10-11,13,16-18H2,2-4H3/b8-7+,12-9+/t19-,20+,21-,22+,23-,24+,25-,26+/m1/s1. The van der Waals surface area contributed by atoms with Gasteiger partial charge in [0.05, 0.1) is 29.5 Å². The third kappa shape index (κ3) is 4.76. The van der Waals surface area contributed by atoms with E-state index in [2.05, 4.69) is 20.4 Å². The van der Waals surface area contributed by atoms with E-state index < -0.39 is 17.3 Å². The molecule has 0 aliphatic carbocycles. The molecule has 0 saturated carbocycles. The molecule has 3 saturated heterocycles. The third-order valence-electron chi connectivity index (χ3n) is 7.26. The van der Waals surface area contributed by atoms with Crippen molar-refractivity contribution in [3.05, 3.63) is 49.1 Å².